The molecule has 2 aromatic rings. The zero-order valence-corrected chi connectivity index (χ0v) is 11.9. The first kappa shape index (κ1) is 12.2. The lowest BCUT2D eigenvalue weighted by Crippen LogP contribution is -2.44. The number of nitrogens with one attached hydrogen (secondary N) is 1. The van der Waals surface area contributed by atoms with Crippen LogP contribution in [0.1, 0.15) is 23.4 Å². The Kier molecular flexibility index (Phi) is 3.37. The number of piperazine rings is 1. The molecule has 1 aromatic heterocycles. The topological polar surface area (TPSA) is 15.3 Å². The Morgan fingerprint density at radius 3 is 2.72 bits per heavy atom. The maximum Gasteiger partial charge on any atom is 0.0349 e. The number of hydrogen-bond donors (Lipinski definition) is 1. The molecule has 1 aliphatic heterocycles. The summed E-state index contributed by atoms with van der Waals surface area (Å²) in [6.45, 7) is 9.16. The molecule has 1 aliphatic rings. The van der Waals surface area contributed by atoms with Gasteiger partial charge in [0.25, 0.3) is 0 Å². The van der Waals surface area contributed by atoms with Crippen LogP contribution in [0.5, 0.6) is 0 Å². The van der Waals surface area contributed by atoms with Gasteiger partial charge in [-0.3, -0.25) is 4.90 Å². The van der Waals surface area contributed by atoms with Gasteiger partial charge >= 0.3 is 0 Å². The predicted octanol–water partition coefficient (Wildman–Crippen LogP) is 3.18. The van der Waals surface area contributed by atoms with Gasteiger partial charge in [-0.05, 0) is 30.9 Å². The lowest BCUT2D eigenvalue weighted by atomic mass is 10.0. The molecule has 0 radical (unpaired) electrons. The van der Waals surface area contributed by atoms with Crippen LogP contribution >= 0.6 is 11.3 Å². The van der Waals surface area contributed by atoms with Gasteiger partial charge in [0.1, 0.15) is 0 Å². The number of hydrogen-bond acceptors (Lipinski definition) is 3. The maximum atomic E-state index is 3.43. The van der Waals surface area contributed by atoms with Crippen LogP contribution < -0.4 is 5.32 Å². The fraction of sp³-hybridized carbons (Fsp3) is 0.467. The van der Waals surface area contributed by atoms with E-state index in [2.05, 4.69) is 48.3 Å². The highest BCUT2D eigenvalue weighted by Gasteiger charge is 2.22. The second-order valence-electron chi connectivity index (χ2n) is 5.03. The van der Waals surface area contributed by atoms with Gasteiger partial charge in [0.2, 0.25) is 0 Å². The molecule has 0 spiro atoms. The lowest BCUT2D eigenvalue weighted by Gasteiger charge is -2.33. The highest BCUT2D eigenvalue weighted by molar-refractivity contribution is 7.19. The smallest absolute Gasteiger partial charge is 0.0349 e. The summed E-state index contributed by atoms with van der Waals surface area (Å²) in [7, 11) is 0. The Bertz CT molecular complexity index is 540. The Morgan fingerprint density at radius 2 is 1.94 bits per heavy atom. The Hall–Kier alpha value is -0.900. The zero-order chi connectivity index (χ0) is 12.5. The van der Waals surface area contributed by atoms with E-state index in [0.29, 0.717) is 6.04 Å². The maximum absolute atomic E-state index is 3.43. The summed E-state index contributed by atoms with van der Waals surface area (Å²) in [5, 5.41) is 4.88. The third-order valence-corrected chi connectivity index (χ3v) is 5.04. The first-order valence-corrected chi connectivity index (χ1v) is 7.52. The van der Waals surface area contributed by atoms with E-state index in [1.54, 1.807) is 0 Å². The van der Waals surface area contributed by atoms with Crippen molar-refractivity contribution in [1.82, 2.24) is 10.2 Å². The van der Waals surface area contributed by atoms with E-state index in [4.69, 9.17) is 0 Å². The minimum Gasteiger partial charge on any atom is -0.314 e. The van der Waals surface area contributed by atoms with Gasteiger partial charge in [-0.2, -0.15) is 0 Å². The molecule has 96 valence electrons. The SMILES string of the molecule is Cc1sc2ccccc2c1C(C)N1CCNCC1. The van der Waals surface area contributed by atoms with Crippen LogP contribution in [0.25, 0.3) is 10.1 Å². The summed E-state index contributed by atoms with van der Waals surface area (Å²) in [5.41, 5.74) is 1.54. The van der Waals surface area contributed by atoms with Gasteiger partial charge in [0.05, 0.1) is 0 Å². The molecule has 1 N–H and O–H groups in total. The van der Waals surface area contributed by atoms with Crippen molar-refractivity contribution in [2.24, 2.45) is 0 Å². The van der Waals surface area contributed by atoms with Gasteiger partial charge in [-0.1, -0.05) is 18.2 Å². The molecular weight excluding hydrogens is 240 g/mol. The van der Waals surface area contributed by atoms with E-state index in [0.717, 1.165) is 26.2 Å². The Balaban J connectivity index is 1.99. The molecule has 1 saturated heterocycles. The Labute approximate surface area is 113 Å². The molecule has 1 aromatic carbocycles. The molecule has 1 fully saturated rings. The highest BCUT2D eigenvalue weighted by atomic mass is 32.1. The average molecular weight is 260 g/mol. The van der Waals surface area contributed by atoms with Crippen LogP contribution in [-0.4, -0.2) is 31.1 Å². The standard InChI is InChI=1S/C15H20N2S/c1-11(17-9-7-16-8-10-17)15-12(2)18-14-6-4-3-5-13(14)15/h3-6,11,16H,7-10H2,1-2H3. The molecule has 1 atom stereocenters. The van der Waals surface area contributed by atoms with Crippen LogP contribution in [0.2, 0.25) is 0 Å². The normalized spacial score (nSPS) is 19.2. The van der Waals surface area contributed by atoms with E-state index in [1.807, 2.05) is 11.3 Å². The lowest BCUT2D eigenvalue weighted by molar-refractivity contribution is 0.186. The fourth-order valence-corrected chi connectivity index (χ4v) is 4.11. The first-order chi connectivity index (χ1) is 8.77. The number of nitrogens with zero attached hydrogens (tertiary/aromatic N) is 1. The molecule has 2 heterocycles. The quantitative estimate of drug-likeness (QED) is 0.892. The fourth-order valence-electron chi connectivity index (χ4n) is 2.96. The summed E-state index contributed by atoms with van der Waals surface area (Å²) in [4.78, 5) is 4.07. The van der Waals surface area contributed by atoms with Gasteiger partial charge in [-0.25, -0.2) is 0 Å². The van der Waals surface area contributed by atoms with Crippen molar-refractivity contribution in [3.63, 3.8) is 0 Å². The molecule has 18 heavy (non-hydrogen) atoms. The van der Waals surface area contributed by atoms with Crippen molar-refractivity contribution in [3.05, 3.63) is 34.7 Å². The molecule has 0 saturated carbocycles. The molecule has 0 amide bonds. The summed E-state index contributed by atoms with van der Waals surface area (Å²) in [5.74, 6) is 0. The summed E-state index contributed by atoms with van der Waals surface area (Å²) >= 11 is 1.93. The molecular formula is C15H20N2S. The van der Waals surface area contributed by atoms with Gasteiger partial charge in [-0.15, -0.1) is 11.3 Å². The van der Waals surface area contributed by atoms with E-state index >= 15 is 0 Å². The molecule has 0 aliphatic carbocycles. The van der Waals surface area contributed by atoms with Crippen LogP contribution in [0.4, 0.5) is 0 Å². The highest BCUT2D eigenvalue weighted by Crippen LogP contribution is 2.36. The van der Waals surface area contributed by atoms with E-state index in [1.165, 1.54) is 20.5 Å². The van der Waals surface area contributed by atoms with E-state index < -0.39 is 0 Å². The van der Waals surface area contributed by atoms with Crippen LogP contribution in [-0.2, 0) is 0 Å². The van der Waals surface area contributed by atoms with Crippen molar-refractivity contribution in [2.75, 3.05) is 26.2 Å². The third kappa shape index (κ3) is 2.07. The van der Waals surface area contributed by atoms with E-state index in [9.17, 15) is 0 Å². The molecule has 0 bridgehead atoms. The van der Waals surface area contributed by atoms with Crippen molar-refractivity contribution >= 4 is 21.4 Å². The monoisotopic (exact) mass is 260 g/mol. The second-order valence-corrected chi connectivity index (χ2v) is 6.29. The van der Waals surface area contributed by atoms with Crippen LogP contribution in [0, 0.1) is 6.92 Å². The second kappa shape index (κ2) is 5.00. The van der Waals surface area contributed by atoms with Gasteiger partial charge in [0, 0.05) is 41.8 Å². The number of benzene rings is 1. The predicted molar refractivity (Wildman–Crippen MR) is 79.4 cm³/mol. The van der Waals surface area contributed by atoms with Crippen molar-refractivity contribution < 1.29 is 0 Å². The number of rotatable bonds is 2. The van der Waals surface area contributed by atoms with Crippen molar-refractivity contribution in [3.8, 4) is 0 Å². The van der Waals surface area contributed by atoms with Crippen LogP contribution in [0.15, 0.2) is 24.3 Å². The number of fused-ring (bicyclic) bond motifs is 1. The molecule has 3 heteroatoms. The largest absolute Gasteiger partial charge is 0.314 e. The van der Waals surface area contributed by atoms with Crippen molar-refractivity contribution in [2.45, 2.75) is 19.9 Å². The van der Waals surface area contributed by atoms with Gasteiger partial charge < -0.3 is 5.32 Å². The molecule has 3 rings (SSSR count). The first-order valence-electron chi connectivity index (χ1n) is 6.70. The van der Waals surface area contributed by atoms with Gasteiger partial charge in [0.15, 0.2) is 0 Å². The summed E-state index contributed by atoms with van der Waals surface area (Å²) in [6.07, 6.45) is 0. The molecule has 1 unspecified atom stereocenters. The molecule has 2 nitrogen and oxygen atoms in total. The summed E-state index contributed by atoms with van der Waals surface area (Å²) in [6, 6.07) is 9.33. The van der Waals surface area contributed by atoms with Crippen molar-refractivity contribution in [1.29, 1.82) is 0 Å². The minimum absolute atomic E-state index is 0.531. The average Bonchev–Trinajstić information content (AvgIpc) is 2.75. The minimum atomic E-state index is 0.531. The number of thiophene rings is 1. The van der Waals surface area contributed by atoms with Crippen LogP contribution in [0.3, 0.4) is 0 Å². The Morgan fingerprint density at radius 1 is 1.22 bits per heavy atom. The number of aryl methyl sites for hydroxylation is 1. The zero-order valence-electron chi connectivity index (χ0n) is 11.1. The summed E-state index contributed by atoms with van der Waals surface area (Å²) < 4.78 is 1.42. The van der Waals surface area contributed by atoms with E-state index in [-0.39, 0.29) is 0 Å². The third-order valence-electron chi connectivity index (χ3n) is 3.94.